The quantitative estimate of drug-likeness (QED) is 0.246. The number of phenolic OH excluding ortho intramolecular Hbond substituents is 1. The predicted molar refractivity (Wildman–Crippen MR) is 105 cm³/mol. The maximum atomic E-state index is 12.4. The zero-order valence-corrected chi connectivity index (χ0v) is 16.7. The molecule has 0 aliphatic rings. The molecular weight excluding hydrogens is 442 g/mol. The zero-order valence-electron chi connectivity index (χ0n) is 15.1. The van der Waals surface area contributed by atoms with Crippen LogP contribution < -0.4 is 10.5 Å². The SMILES string of the molecule is CC(=O)C(N=Nc1cc([N+](=O)[O-])cc(Cl)c1O)C(=O)Nc1ccc(S(N)(=O)=O)cc1. The number of nitrogens with zero attached hydrogens (tertiary/aromatic N) is 3. The predicted octanol–water partition coefficient (Wildman–Crippen LogP) is 2.28. The lowest BCUT2D eigenvalue weighted by Gasteiger charge is -2.10. The van der Waals surface area contributed by atoms with Gasteiger partial charge in [0.1, 0.15) is 5.69 Å². The molecule has 1 atom stereocenters. The summed E-state index contributed by atoms with van der Waals surface area (Å²) in [6, 6.07) is 4.91. The molecule has 0 fully saturated rings. The fourth-order valence-electron chi connectivity index (χ4n) is 2.13. The first-order valence-electron chi connectivity index (χ1n) is 7.92. The Morgan fingerprint density at radius 2 is 1.87 bits per heavy atom. The molecule has 4 N–H and O–H groups in total. The number of azo groups is 1. The smallest absolute Gasteiger partial charge is 0.273 e. The first-order valence-corrected chi connectivity index (χ1v) is 9.84. The van der Waals surface area contributed by atoms with Gasteiger partial charge in [-0.2, -0.15) is 10.2 Å². The van der Waals surface area contributed by atoms with Gasteiger partial charge in [-0.05, 0) is 31.2 Å². The van der Waals surface area contributed by atoms with Crippen LogP contribution >= 0.6 is 11.6 Å². The monoisotopic (exact) mass is 455 g/mol. The second-order valence-corrected chi connectivity index (χ2v) is 7.81. The minimum absolute atomic E-state index is 0.148. The van der Waals surface area contributed by atoms with Crippen molar-refractivity contribution in [2.45, 2.75) is 17.9 Å². The number of hydrogen-bond donors (Lipinski definition) is 3. The number of hydrogen-bond acceptors (Lipinski definition) is 9. The van der Waals surface area contributed by atoms with E-state index in [0.29, 0.717) is 0 Å². The number of Topliss-reactive ketones (excluding diaryl/α,β-unsaturated/α-hetero) is 1. The van der Waals surface area contributed by atoms with Gasteiger partial charge in [0.15, 0.2) is 11.5 Å². The summed E-state index contributed by atoms with van der Waals surface area (Å²) >= 11 is 5.70. The number of anilines is 1. The van der Waals surface area contributed by atoms with Gasteiger partial charge in [0, 0.05) is 17.8 Å². The number of nitro benzene ring substituents is 1. The molecule has 158 valence electrons. The molecule has 0 heterocycles. The minimum atomic E-state index is -3.92. The van der Waals surface area contributed by atoms with Crippen LogP contribution in [0.2, 0.25) is 5.02 Å². The van der Waals surface area contributed by atoms with E-state index >= 15 is 0 Å². The van der Waals surface area contributed by atoms with Crippen LogP contribution in [0.5, 0.6) is 5.75 Å². The molecule has 0 radical (unpaired) electrons. The van der Waals surface area contributed by atoms with Crippen molar-refractivity contribution in [3.8, 4) is 5.75 Å². The number of amides is 1. The van der Waals surface area contributed by atoms with Crippen LogP contribution in [0.15, 0.2) is 51.5 Å². The van der Waals surface area contributed by atoms with Gasteiger partial charge in [0.2, 0.25) is 16.1 Å². The third-order valence-corrected chi connectivity index (χ3v) is 4.82. The molecule has 1 unspecified atom stereocenters. The number of benzene rings is 2. The average Bonchev–Trinajstić information content (AvgIpc) is 2.64. The molecule has 0 bridgehead atoms. The molecule has 0 aliphatic carbocycles. The van der Waals surface area contributed by atoms with Crippen molar-refractivity contribution in [3.05, 3.63) is 51.5 Å². The van der Waals surface area contributed by atoms with E-state index in [0.717, 1.165) is 31.2 Å². The lowest BCUT2D eigenvalue weighted by Crippen LogP contribution is -2.31. The first kappa shape index (κ1) is 22.9. The normalized spacial score (nSPS) is 12.5. The highest BCUT2D eigenvalue weighted by Gasteiger charge is 2.24. The number of nitrogens with one attached hydrogen (secondary N) is 1. The number of primary sulfonamides is 1. The summed E-state index contributed by atoms with van der Waals surface area (Å²) in [6.45, 7) is 1.06. The van der Waals surface area contributed by atoms with Crippen LogP contribution in [0.1, 0.15) is 6.92 Å². The molecule has 30 heavy (non-hydrogen) atoms. The summed E-state index contributed by atoms with van der Waals surface area (Å²) in [5.41, 5.74) is -0.744. The number of nitrogens with two attached hydrogens (primary N) is 1. The fraction of sp³-hybridized carbons (Fsp3) is 0.125. The summed E-state index contributed by atoms with van der Waals surface area (Å²) < 4.78 is 22.5. The molecule has 2 rings (SSSR count). The van der Waals surface area contributed by atoms with Crippen LogP contribution in [-0.4, -0.2) is 36.2 Å². The fourth-order valence-corrected chi connectivity index (χ4v) is 2.85. The van der Waals surface area contributed by atoms with E-state index in [1.54, 1.807) is 0 Å². The highest BCUT2D eigenvalue weighted by molar-refractivity contribution is 7.89. The maximum Gasteiger partial charge on any atom is 0.273 e. The molecule has 0 spiro atoms. The molecular formula is C16H14ClN5O7S. The van der Waals surface area contributed by atoms with Crippen LogP contribution in [0.25, 0.3) is 0 Å². The highest BCUT2D eigenvalue weighted by atomic mass is 35.5. The van der Waals surface area contributed by atoms with E-state index in [-0.39, 0.29) is 15.6 Å². The number of halogens is 1. The van der Waals surface area contributed by atoms with Crippen LogP contribution in [0.3, 0.4) is 0 Å². The summed E-state index contributed by atoms with van der Waals surface area (Å²) in [6.07, 6.45) is 0. The Morgan fingerprint density at radius 3 is 2.37 bits per heavy atom. The standard InChI is InChI=1S/C16H14ClN5O7S/c1-8(23)14(16(25)19-9-2-4-11(5-3-9)30(18,28)29)21-20-13-7-10(22(26)27)6-12(17)15(13)24/h2-7,14,24H,1H3,(H,19,25)(H2,18,28,29). The second-order valence-electron chi connectivity index (χ2n) is 5.84. The number of non-ortho nitro benzene ring substituents is 1. The molecule has 14 heteroatoms. The van der Waals surface area contributed by atoms with Crippen molar-refractivity contribution < 1.29 is 28.0 Å². The molecule has 0 saturated heterocycles. The van der Waals surface area contributed by atoms with Crippen LogP contribution in [0.4, 0.5) is 17.1 Å². The number of nitro groups is 1. The number of ketones is 1. The van der Waals surface area contributed by atoms with Gasteiger partial charge in [-0.1, -0.05) is 11.6 Å². The lowest BCUT2D eigenvalue weighted by atomic mass is 10.2. The van der Waals surface area contributed by atoms with E-state index in [4.69, 9.17) is 16.7 Å². The Balaban J connectivity index is 2.27. The van der Waals surface area contributed by atoms with E-state index in [9.17, 15) is 33.2 Å². The first-order chi connectivity index (χ1) is 13.9. The minimum Gasteiger partial charge on any atom is -0.504 e. The van der Waals surface area contributed by atoms with Crippen molar-refractivity contribution in [1.82, 2.24) is 0 Å². The van der Waals surface area contributed by atoms with Crippen molar-refractivity contribution in [1.29, 1.82) is 0 Å². The molecule has 0 saturated carbocycles. The van der Waals surface area contributed by atoms with Gasteiger partial charge in [-0.3, -0.25) is 19.7 Å². The summed E-state index contributed by atoms with van der Waals surface area (Å²) in [4.78, 5) is 34.1. The van der Waals surface area contributed by atoms with Crippen LogP contribution in [0, 0.1) is 10.1 Å². The highest BCUT2D eigenvalue weighted by Crippen LogP contribution is 2.38. The Kier molecular flexibility index (Phi) is 6.81. The Morgan fingerprint density at radius 1 is 1.27 bits per heavy atom. The number of aromatic hydroxyl groups is 1. The van der Waals surface area contributed by atoms with Gasteiger partial charge in [-0.25, -0.2) is 13.6 Å². The van der Waals surface area contributed by atoms with E-state index in [2.05, 4.69) is 15.5 Å². The van der Waals surface area contributed by atoms with Gasteiger partial charge in [0.05, 0.1) is 14.8 Å². The van der Waals surface area contributed by atoms with Crippen molar-refractivity contribution in [2.75, 3.05) is 5.32 Å². The molecule has 1 amide bonds. The Labute approximate surface area is 174 Å². The molecule has 0 aliphatic heterocycles. The summed E-state index contributed by atoms with van der Waals surface area (Å²) in [5, 5.41) is 34.8. The lowest BCUT2D eigenvalue weighted by molar-refractivity contribution is -0.384. The molecule has 2 aromatic carbocycles. The largest absolute Gasteiger partial charge is 0.504 e. The van der Waals surface area contributed by atoms with Gasteiger partial charge >= 0.3 is 0 Å². The van der Waals surface area contributed by atoms with Gasteiger partial charge in [0.25, 0.3) is 11.6 Å². The van der Waals surface area contributed by atoms with Crippen LogP contribution in [-0.2, 0) is 19.6 Å². The molecule has 2 aromatic rings. The third kappa shape index (κ3) is 5.56. The molecule has 12 nitrogen and oxygen atoms in total. The zero-order chi connectivity index (χ0) is 22.6. The van der Waals surface area contributed by atoms with E-state index < -0.39 is 49.8 Å². The van der Waals surface area contributed by atoms with E-state index in [1.807, 2.05) is 0 Å². The number of sulfonamides is 1. The Bertz CT molecular complexity index is 1150. The number of rotatable bonds is 7. The second kappa shape index (κ2) is 8.94. The summed E-state index contributed by atoms with van der Waals surface area (Å²) in [7, 11) is -3.92. The van der Waals surface area contributed by atoms with Crippen molar-refractivity contribution in [3.63, 3.8) is 0 Å². The number of phenols is 1. The van der Waals surface area contributed by atoms with Crippen molar-refractivity contribution in [2.24, 2.45) is 15.4 Å². The topological polar surface area (TPSA) is 194 Å². The third-order valence-electron chi connectivity index (χ3n) is 3.60. The molecule has 0 aromatic heterocycles. The average molecular weight is 456 g/mol. The van der Waals surface area contributed by atoms with Gasteiger partial charge in [-0.15, -0.1) is 0 Å². The summed E-state index contributed by atoms with van der Waals surface area (Å²) in [5.74, 6) is -2.24. The number of carbonyl (C=O) groups is 2. The number of carbonyl (C=O) groups excluding carboxylic acids is 2. The van der Waals surface area contributed by atoms with E-state index in [1.165, 1.54) is 12.1 Å². The van der Waals surface area contributed by atoms with Gasteiger partial charge < -0.3 is 10.4 Å². The maximum absolute atomic E-state index is 12.4. The Hall–Kier alpha value is -3.42. The van der Waals surface area contributed by atoms with Crippen molar-refractivity contribution >= 4 is 50.4 Å².